The Bertz CT molecular complexity index is 1010. The molecule has 1 aliphatic heterocycles. The third-order valence-corrected chi connectivity index (χ3v) is 4.52. The van der Waals surface area contributed by atoms with Gasteiger partial charge in [-0.1, -0.05) is 23.7 Å². The molecule has 2 heterocycles. The van der Waals surface area contributed by atoms with Gasteiger partial charge in [-0.3, -0.25) is 0 Å². The van der Waals surface area contributed by atoms with Crippen LogP contribution in [0.5, 0.6) is 17.2 Å². The molecule has 0 radical (unpaired) electrons. The van der Waals surface area contributed by atoms with Crippen molar-refractivity contribution in [1.82, 2.24) is 4.98 Å². The summed E-state index contributed by atoms with van der Waals surface area (Å²) in [4.78, 5) is 16.7. The molecule has 0 N–H and O–H groups in total. The van der Waals surface area contributed by atoms with Crippen molar-refractivity contribution in [3.05, 3.63) is 59.2 Å². The first kappa shape index (κ1) is 17.4. The number of carbonyl (C=O) groups excluding carboxylic acids is 1. The van der Waals surface area contributed by atoms with Crippen molar-refractivity contribution < 1.29 is 23.7 Å². The number of benzene rings is 2. The molecule has 0 spiro atoms. The van der Waals surface area contributed by atoms with Crippen molar-refractivity contribution in [2.24, 2.45) is 0 Å². The SMILES string of the molecule is COc1ccc2cc(COC(=O)[C@@H]3COc4ccccc4O3)c(Cl)nc2c1. The standard InChI is InChI=1S/C20H16ClNO5/c1-24-14-7-6-12-8-13(19(21)22-15(12)9-14)10-26-20(23)18-11-25-16-4-2-3-5-17(16)27-18/h2-9,18H,10-11H2,1H3/t18-/m0/s1. The van der Waals surface area contributed by atoms with Gasteiger partial charge < -0.3 is 18.9 Å². The highest BCUT2D eigenvalue weighted by atomic mass is 35.5. The molecule has 2 aromatic carbocycles. The minimum absolute atomic E-state index is 0.00581. The zero-order valence-corrected chi connectivity index (χ0v) is 15.2. The molecule has 4 rings (SSSR count). The van der Waals surface area contributed by atoms with Crippen molar-refractivity contribution in [2.45, 2.75) is 12.7 Å². The number of aromatic nitrogens is 1. The van der Waals surface area contributed by atoms with E-state index in [1.54, 1.807) is 25.3 Å². The van der Waals surface area contributed by atoms with E-state index in [4.69, 9.17) is 30.5 Å². The van der Waals surface area contributed by atoms with Crippen molar-refractivity contribution >= 4 is 28.5 Å². The molecule has 0 unspecified atom stereocenters. The van der Waals surface area contributed by atoms with Gasteiger partial charge in [-0.2, -0.15) is 0 Å². The average Bonchev–Trinajstić information content (AvgIpc) is 2.71. The monoisotopic (exact) mass is 385 g/mol. The maximum Gasteiger partial charge on any atom is 0.351 e. The first-order chi connectivity index (χ1) is 13.1. The third-order valence-electron chi connectivity index (χ3n) is 4.19. The number of ether oxygens (including phenoxy) is 4. The summed E-state index contributed by atoms with van der Waals surface area (Å²) in [6, 6.07) is 14.5. The molecule has 0 aliphatic carbocycles. The third kappa shape index (κ3) is 3.61. The fourth-order valence-corrected chi connectivity index (χ4v) is 2.97. The lowest BCUT2D eigenvalue weighted by atomic mass is 10.1. The minimum Gasteiger partial charge on any atom is -0.497 e. The Morgan fingerprint density at radius 3 is 2.85 bits per heavy atom. The van der Waals surface area contributed by atoms with Gasteiger partial charge in [0.05, 0.1) is 12.6 Å². The molecule has 0 saturated heterocycles. The van der Waals surface area contributed by atoms with Crippen LogP contribution < -0.4 is 14.2 Å². The van der Waals surface area contributed by atoms with Crippen LogP contribution in [0.25, 0.3) is 10.9 Å². The van der Waals surface area contributed by atoms with Gasteiger partial charge in [-0.15, -0.1) is 0 Å². The summed E-state index contributed by atoms with van der Waals surface area (Å²) >= 11 is 6.24. The molecular weight excluding hydrogens is 370 g/mol. The molecule has 0 amide bonds. The molecular formula is C20H16ClNO5. The summed E-state index contributed by atoms with van der Waals surface area (Å²) in [7, 11) is 1.59. The summed E-state index contributed by atoms with van der Waals surface area (Å²) in [6.45, 7) is 0.0908. The van der Waals surface area contributed by atoms with Crippen molar-refractivity contribution in [2.75, 3.05) is 13.7 Å². The molecule has 0 bridgehead atoms. The highest BCUT2D eigenvalue weighted by Crippen LogP contribution is 2.31. The molecule has 6 nitrogen and oxygen atoms in total. The fourth-order valence-electron chi connectivity index (χ4n) is 2.77. The maximum atomic E-state index is 12.3. The predicted octanol–water partition coefficient (Wildman–Crippen LogP) is 3.78. The molecule has 0 fully saturated rings. The highest BCUT2D eigenvalue weighted by Gasteiger charge is 2.28. The van der Waals surface area contributed by atoms with E-state index in [1.807, 2.05) is 30.3 Å². The number of esters is 1. The topological polar surface area (TPSA) is 66.9 Å². The number of carbonyl (C=O) groups is 1. The fraction of sp³-hybridized carbons (Fsp3) is 0.200. The number of para-hydroxylation sites is 2. The van der Waals surface area contributed by atoms with E-state index in [1.165, 1.54) is 0 Å². The average molecular weight is 386 g/mol. The lowest BCUT2D eigenvalue weighted by molar-refractivity contribution is -0.155. The molecule has 27 heavy (non-hydrogen) atoms. The Morgan fingerprint density at radius 2 is 2.04 bits per heavy atom. The van der Waals surface area contributed by atoms with Crippen LogP contribution in [0.3, 0.4) is 0 Å². The Balaban J connectivity index is 1.45. The Morgan fingerprint density at radius 1 is 1.22 bits per heavy atom. The molecule has 3 aromatic rings. The van der Waals surface area contributed by atoms with Gasteiger partial charge in [-0.05, 0) is 30.3 Å². The Kier molecular flexibility index (Phi) is 4.73. The zero-order valence-electron chi connectivity index (χ0n) is 14.5. The highest BCUT2D eigenvalue weighted by molar-refractivity contribution is 6.30. The number of hydrogen-bond acceptors (Lipinski definition) is 6. The van der Waals surface area contributed by atoms with E-state index in [-0.39, 0.29) is 18.4 Å². The van der Waals surface area contributed by atoms with E-state index in [0.29, 0.717) is 28.3 Å². The van der Waals surface area contributed by atoms with Gasteiger partial charge in [0.15, 0.2) is 11.5 Å². The molecule has 1 aliphatic rings. The summed E-state index contributed by atoms with van der Waals surface area (Å²) in [5.41, 5.74) is 1.31. The normalized spacial score (nSPS) is 15.4. The van der Waals surface area contributed by atoms with Crippen LogP contribution in [0.1, 0.15) is 5.56 Å². The number of hydrogen-bond donors (Lipinski definition) is 0. The molecule has 0 saturated carbocycles. The second-order valence-corrected chi connectivity index (χ2v) is 6.33. The number of nitrogens with zero attached hydrogens (tertiary/aromatic N) is 1. The first-order valence-electron chi connectivity index (χ1n) is 8.32. The van der Waals surface area contributed by atoms with Crippen LogP contribution in [0.2, 0.25) is 5.15 Å². The molecule has 1 atom stereocenters. The second kappa shape index (κ2) is 7.32. The summed E-state index contributed by atoms with van der Waals surface area (Å²) in [6.07, 6.45) is -0.823. The number of pyridine rings is 1. The van der Waals surface area contributed by atoms with E-state index < -0.39 is 12.1 Å². The van der Waals surface area contributed by atoms with Crippen LogP contribution in [-0.2, 0) is 16.1 Å². The van der Waals surface area contributed by atoms with Gasteiger partial charge in [0.1, 0.15) is 24.1 Å². The lowest BCUT2D eigenvalue weighted by Crippen LogP contribution is -2.37. The van der Waals surface area contributed by atoms with Crippen molar-refractivity contribution in [1.29, 1.82) is 0 Å². The molecule has 1 aromatic heterocycles. The number of methoxy groups -OCH3 is 1. The van der Waals surface area contributed by atoms with Gasteiger partial charge in [0.2, 0.25) is 6.10 Å². The predicted molar refractivity (Wildman–Crippen MR) is 99.5 cm³/mol. The summed E-state index contributed by atoms with van der Waals surface area (Å²) in [5, 5.41) is 1.15. The maximum absolute atomic E-state index is 12.3. The van der Waals surface area contributed by atoms with Crippen LogP contribution in [0, 0.1) is 0 Å². The largest absolute Gasteiger partial charge is 0.497 e. The van der Waals surface area contributed by atoms with E-state index in [0.717, 1.165) is 5.39 Å². The van der Waals surface area contributed by atoms with Crippen LogP contribution in [-0.4, -0.2) is 30.8 Å². The summed E-state index contributed by atoms with van der Waals surface area (Å²) in [5.74, 6) is 1.30. The minimum atomic E-state index is -0.823. The first-order valence-corrected chi connectivity index (χ1v) is 8.70. The second-order valence-electron chi connectivity index (χ2n) is 5.97. The quantitative estimate of drug-likeness (QED) is 0.503. The Hall–Kier alpha value is -2.99. The Labute approximate surface area is 160 Å². The smallest absolute Gasteiger partial charge is 0.351 e. The number of halogens is 1. The zero-order chi connectivity index (χ0) is 18.8. The van der Waals surface area contributed by atoms with E-state index in [2.05, 4.69) is 4.98 Å². The lowest BCUT2D eigenvalue weighted by Gasteiger charge is -2.25. The number of rotatable bonds is 4. The molecule has 138 valence electrons. The van der Waals surface area contributed by atoms with Gasteiger partial charge in [0, 0.05) is 17.0 Å². The van der Waals surface area contributed by atoms with Gasteiger partial charge in [0.25, 0.3) is 0 Å². The van der Waals surface area contributed by atoms with Gasteiger partial charge in [-0.25, -0.2) is 9.78 Å². The van der Waals surface area contributed by atoms with Crippen molar-refractivity contribution in [3.63, 3.8) is 0 Å². The van der Waals surface area contributed by atoms with E-state index >= 15 is 0 Å². The van der Waals surface area contributed by atoms with Gasteiger partial charge >= 0.3 is 5.97 Å². The van der Waals surface area contributed by atoms with Crippen LogP contribution in [0.15, 0.2) is 48.5 Å². The van der Waals surface area contributed by atoms with Crippen LogP contribution in [0.4, 0.5) is 0 Å². The van der Waals surface area contributed by atoms with E-state index in [9.17, 15) is 4.79 Å². The molecule has 7 heteroatoms. The van der Waals surface area contributed by atoms with Crippen LogP contribution >= 0.6 is 11.6 Å². The van der Waals surface area contributed by atoms with Crippen molar-refractivity contribution in [3.8, 4) is 17.2 Å². The summed E-state index contributed by atoms with van der Waals surface area (Å²) < 4.78 is 21.7. The number of fused-ring (bicyclic) bond motifs is 2.